The Bertz CT molecular complexity index is 1760. The van der Waals surface area contributed by atoms with Gasteiger partial charge in [0.05, 0.1) is 12.1 Å². The minimum Gasteiger partial charge on any atom is -0.457 e. The third-order valence-corrected chi connectivity index (χ3v) is 5.81. The number of hydrogen-bond acceptors (Lipinski definition) is 8. The van der Waals surface area contributed by atoms with Crippen LogP contribution < -0.4 is 10.1 Å². The molecule has 3 aromatic heterocycles. The van der Waals surface area contributed by atoms with Crippen molar-refractivity contribution in [1.29, 1.82) is 0 Å². The second kappa shape index (κ2) is 10.9. The first-order valence-corrected chi connectivity index (χ1v) is 12.7. The number of ether oxygens (including phenoxy) is 2. The largest absolute Gasteiger partial charge is 0.457 e. The highest BCUT2D eigenvalue weighted by Gasteiger charge is 2.18. The van der Waals surface area contributed by atoms with Crippen LogP contribution in [0.4, 0.5) is 16.3 Å². The van der Waals surface area contributed by atoms with E-state index in [4.69, 9.17) is 9.47 Å². The number of aromatic nitrogens is 5. The average molecular weight is 536 g/mol. The maximum absolute atomic E-state index is 12.2. The molecule has 5 rings (SSSR count). The zero-order valence-electron chi connectivity index (χ0n) is 23.0. The predicted octanol–water partition coefficient (Wildman–Crippen LogP) is 5.74. The van der Waals surface area contributed by atoms with Gasteiger partial charge < -0.3 is 19.7 Å². The number of anilines is 2. The summed E-state index contributed by atoms with van der Waals surface area (Å²) in [5.74, 6) is 8.22. The molecular weight excluding hydrogens is 506 g/mol. The molecule has 1 amide bonds. The third-order valence-electron chi connectivity index (χ3n) is 5.81. The fourth-order valence-electron chi connectivity index (χ4n) is 3.86. The molecule has 10 heteroatoms. The molecule has 0 saturated heterocycles. The van der Waals surface area contributed by atoms with E-state index in [1.807, 2.05) is 76.2 Å². The summed E-state index contributed by atoms with van der Waals surface area (Å²) in [5.41, 5.74) is 3.53. The molecule has 202 valence electrons. The molecule has 0 atom stereocenters. The van der Waals surface area contributed by atoms with Gasteiger partial charge in [-0.1, -0.05) is 11.8 Å². The summed E-state index contributed by atoms with van der Waals surface area (Å²) in [6, 6.07) is 15.2. The van der Waals surface area contributed by atoms with Gasteiger partial charge in [-0.2, -0.15) is 5.10 Å². The van der Waals surface area contributed by atoms with Gasteiger partial charge in [-0.15, -0.1) is 0 Å². The van der Waals surface area contributed by atoms with Crippen LogP contribution in [0.5, 0.6) is 11.5 Å². The van der Waals surface area contributed by atoms with Gasteiger partial charge in [0.25, 0.3) is 0 Å². The van der Waals surface area contributed by atoms with E-state index in [0.717, 1.165) is 33.5 Å². The smallest absolute Gasteiger partial charge is 0.410 e. The van der Waals surface area contributed by atoms with Crippen LogP contribution in [0.1, 0.15) is 31.9 Å². The van der Waals surface area contributed by atoms with E-state index in [1.54, 1.807) is 17.8 Å². The van der Waals surface area contributed by atoms with Crippen LogP contribution in [-0.4, -0.2) is 54.8 Å². The maximum atomic E-state index is 12.2. The molecule has 0 aliphatic carbocycles. The van der Waals surface area contributed by atoms with Crippen LogP contribution in [0.3, 0.4) is 0 Å². The number of pyridine rings is 1. The molecule has 0 aliphatic rings. The van der Waals surface area contributed by atoms with Gasteiger partial charge in [-0.3, -0.25) is 0 Å². The summed E-state index contributed by atoms with van der Waals surface area (Å²) in [5, 5.41) is 8.33. The van der Waals surface area contributed by atoms with Crippen LogP contribution in [0, 0.1) is 18.8 Å². The van der Waals surface area contributed by atoms with Gasteiger partial charge in [-0.25, -0.2) is 24.3 Å². The number of carbonyl (C=O) groups is 1. The van der Waals surface area contributed by atoms with E-state index in [-0.39, 0.29) is 6.54 Å². The molecule has 0 spiro atoms. The van der Waals surface area contributed by atoms with Crippen molar-refractivity contribution in [2.45, 2.75) is 33.3 Å². The summed E-state index contributed by atoms with van der Waals surface area (Å²) in [7, 11) is 1.66. The van der Waals surface area contributed by atoms with Crippen molar-refractivity contribution in [1.82, 2.24) is 29.5 Å². The normalized spacial score (nSPS) is 11.1. The summed E-state index contributed by atoms with van der Waals surface area (Å²) < 4.78 is 13.1. The van der Waals surface area contributed by atoms with Crippen molar-refractivity contribution in [3.05, 3.63) is 78.5 Å². The van der Waals surface area contributed by atoms with Gasteiger partial charge in [0.1, 0.15) is 35.6 Å². The van der Waals surface area contributed by atoms with Crippen molar-refractivity contribution in [2.24, 2.45) is 0 Å². The third kappa shape index (κ3) is 6.27. The molecule has 1 N–H and O–H groups in total. The number of nitrogens with zero attached hydrogens (tertiary/aromatic N) is 6. The first kappa shape index (κ1) is 26.4. The number of carbonyl (C=O) groups excluding carboxylic acids is 1. The molecule has 0 radical (unpaired) electrons. The standard InChI is InChI=1S/C30H29N7O3/c1-20-15-22(9-11-26(20)39-23-12-14-37-27(17-23)32-19-34-37)35-28-24-16-21(8-10-25(24)31-18-33-28)7-6-13-36(5)29(38)40-30(2,3)4/h8-12,14-19H,13H2,1-5H3,(H,31,33,35). The van der Waals surface area contributed by atoms with Crippen LogP contribution in [0.25, 0.3) is 16.6 Å². The Morgan fingerprint density at radius 2 is 1.90 bits per heavy atom. The zero-order valence-corrected chi connectivity index (χ0v) is 23.0. The second-order valence-electron chi connectivity index (χ2n) is 10.2. The first-order chi connectivity index (χ1) is 19.1. The summed E-state index contributed by atoms with van der Waals surface area (Å²) in [4.78, 5) is 26.7. The molecular formula is C30H29N7O3. The first-order valence-electron chi connectivity index (χ1n) is 12.7. The number of hydrogen-bond donors (Lipinski definition) is 1. The summed E-state index contributed by atoms with van der Waals surface area (Å²) in [6.07, 6.45) is 4.42. The lowest BCUT2D eigenvalue weighted by Gasteiger charge is -2.23. The Hall–Kier alpha value is -5.17. The van der Waals surface area contributed by atoms with Gasteiger partial charge in [0, 0.05) is 35.9 Å². The van der Waals surface area contributed by atoms with Crippen molar-refractivity contribution >= 4 is 34.1 Å². The van der Waals surface area contributed by atoms with E-state index in [0.29, 0.717) is 17.2 Å². The van der Waals surface area contributed by atoms with E-state index < -0.39 is 11.7 Å². The Morgan fingerprint density at radius 3 is 2.70 bits per heavy atom. The quantitative estimate of drug-likeness (QED) is 0.284. The highest BCUT2D eigenvalue weighted by molar-refractivity contribution is 5.91. The molecule has 10 nitrogen and oxygen atoms in total. The van der Waals surface area contributed by atoms with Gasteiger partial charge in [-0.05, 0) is 75.7 Å². The van der Waals surface area contributed by atoms with Crippen LogP contribution in [0.2, 0.25) is 0 Å². The van der Waals surface area contributed by atoms with Crippen molar-refractivity contribution < 1.29 is 14.3 Å². The second-order valence-corrected chi connectivity index (χ2v) is 10.2. The Labute approximate surface area is 232 Å². The SMILES string of the molecule is Cc1cc(Nc2ncnc3ccc(C#CCN(C)C(=O)OC(C)(C)C)cc23)ccc1Oc1ccn2ncnc2c1. The molecule has 40 heavy (non-hydrogen) atoms. The Morgan fingerprint density at radius 1 is 1.05 bits per heavy atom. The highest BCUT2D eigenvalue weighted by Crippen LogP contribution is 2.30. The van der Waals surface area contributed by atoms with E-state index >= 15 is 0 Å². The number of benzene rings is 2. The predicted molar refractivity (Wildman–Crippen MR) is 153 cm³/mol. The lowest BCUT2D eigenvalue weighted by Crippen LogP contribution is -2.34. The van der Waals surface area contributed by atoms with Crippen LogP contribution in [-0.2, 0) is 4.74 Å². The topological polar surface area (TPSA) is 107 Å². The summed E-state index contributed by atoms with van der Waals surface area (Å²) in [6.45, 7) is 7.72. The molecule has 2 aromatic carbocycles. The zero-order chi connectivity index (χ0) is 28.3. The lowest BCUT2D eigenvalue weighted by molar-refractivity contribution is 0.0321. The number of amides is 1. The van der Waals surface area contributed by atoms with E-state index in [2.05, 4.69) is 37.2 Å². The van der Waals surface area contributed by atoms with Crippen LogP contribution in [0.15, 0.2) is 67.4 Å². The molecule has 0 bridgehead atoms. The van der Waals surface area contributed by atoms with Crippen molar-refractivity contribution in [3.63, 3.8) is 0 Å². The molecule has 0 saturated carbocycles. The number of nitrogens with one attached hydrogen (secondary N) is 1. The molecule has 0 unspecified atom stereocenters. The molecule has 5 aromatic rings. The lowest BCUT2D eigenvalue weighted by atomic mass is 10.1. The minimum atomic E-state index is -0.556. The van der Waals surface area contributed by atoms with Crippen LogP contribution >= 0.6 is 0 Å². The van der Waals surface area contributed by atoms with Crippen molar-refractivity contribution in [2.75, 3.05) is 18.9 Å². The Kier molecular flexibility index (Phi) is 7.21. The Balaban J connectivity index is 1.31. The molecule has 0 aliphatic heterocycles. The maximum Gasteiger partial charge on any atom is 0.410 e. The number of aryl methyl sites for hydroxylation is 1. The minimum absolute atomic E-state index is 0.240. The van der Waals surface area contributed by atoms with Crippen molar-refractivity contribution in [3.8, 4) is 23.3 Å². The summed E-state index contributed by atoms with van der Waals surface area (Å²) >= 11 is 0. The monoisotopic (exact) mass is 535 g/mol. The fourth-order valence-corrected chi connectivity index (χ4v) is 3.86. The van der Waals surface area contributed by atoms with Gasteiger partial charge in [0.2, 0.25) is 0 Å². The van der Waals surface area contributed by atoms with E-state index in [9.17, 15) is 4.79 Å². The van der Waals surface area contributed by atoms with Gasteiger partial charge >= 0.3 is 6.09 Å². The molecule has 3 heterocycles. The number of fused-ring (bicyclic) bond motifs is 2. The highest BCUT2D eigenvalue weighted by atomic mass is 16.6. The fraction of sp³-hybridized carbons (Fsp3) is 0.233. The van der Waals surface area contributed by atoms with E-state index in [1.165, 1.54) is 17.6 Å². The average Bonchev–Trinajstić information content (AvgIpc) is 3.37. The number of rotatable bonds is 5. The molecule has 0 fully saturated rings. The van der Waals surface area contributed by atoms with Gasteiger partial charge in [0.15, 0.2) is 5.65 Å².